The molecule has 6 rings (SSSR count). The maximum Gasteiger partial charge on any atom is 0.410 e. The molecule has 37 heavy (non-hydrogen) atoms. The van der Waals surface area contributed by atoms with Gasteiger partial charge in [0.05, 0.1) is 0 Å². The minimum absolute atomic E-state index is 0.0522. The van der Waals surface area contributed by atoms with Crippen molar-refractivity contribution in [3.8, 4) is 11.1 Å². The summed E-state index contributed by atoms with van der Waals surface area (Å²) in [5.74, 6) is 0.193. The fraction of sp³-hybridized carbons (Fsp3) is 0.333. The first kappa shape index (κ1) is 23.7. The lowest BCUT2D eigenvalue weighted by molar-refractivity contribution is 0.00651. The maximum absolute atomic E-state index is 13.5. The zero-order chi connectivity index (χ0) is 25.5. The molecule has 2 aliphatic heterocycles. The number of fused-ring (bicyclic) bond motifs is 5. The van der Waals surface area contributed by atoms with Crippen molar-refractivity contribution in [3.05, 3.63) is 102 Å². The molecule has 4 heteroatoms. The molecule has 3 aliphatic rings. The van der Waals surface area contributed by atoms with Gasteiger partial charge in [0.1, 0.15) is 6.61 Å². The Morgan fingerprint density at radius 2 is 1.38 bits per heavy atom. The molecule has 0 N–H and O–H groups in total. The number of benzene rings is 3. The van der Waals surface area contributed by atoms with Crippen molar-refractivity contribution >= 4 is 17.4 Å². The second-order valence-corrected chi connectivity index (χ2v) is 10.8. The highest BCUT2D eigenvalue weighted by molar-refractivity contribution is 5.98. The molecule has 1 amide bonds. The third kappa shape index (κ3) is 4.29. The smallest absolute Gasteiger partial charge is 0.410 e. The van der Waals surface area contributed by atoms with E-state index in [0.29, 0.717) is 19.4 Å². The highest BCUT2D eigenvalue weighted by Crippen LogP contribution is 2.45. The van der Waals surface area contributed by atoms with Crippen molar-refractivity contribution in [1.29, 1.82) is 0 Å². The largest absolute Gasteiger partial charge is 0.448 e. The van der Waals surface area contributed by atoms with Gasteiger partial charge in [-0.1, -0.05) is 84.9 Å². The van der Waals surface area contributed by atoms with Gasteiger partial charge in [-0.2, -0.15) is 0 Å². The van der Waals surface area contributed by atoms with E-state index >= 15 is 0 Å². The van der Waals surface area contributed by atoms with Gasteiger partial charge < -0.3 is 9.64 Å². The highest BCUT2D eigenvalue weighted by atomic mass is 16.6. The normalized spacial score (nSPS) is 22.2. The Hall–Kier alpha value is -3.66. The summed E-state index contributed by atoms with van der Waals surface area (Å²) in [4.78, 5) is 28.8. The first-order valence-electron chi connectivity index (χ1n) is 13.4. The number of rotatable bonds is 5. The summed E-state index contributed by atoms with van der Waals surface area (Å²) >= 11 is 0. The molecule has 2 fully saturated rings. The molecule has 0 spiro atoms. The number of carbonyl (C=O) groups is 2. The van der Waals surface area contributed by atoms with Crippen LogP contribution < -0.4 is 0 Å². The van der Waals surface area contributed by atoms with E-state index in [1.165, 1.54) is 22.3 Å². The van der Waals surface area contributed by atoms with Crippen LogP contribution in [0.2, 0.25) is 0 Å². The number of nitrogens with zero attached hydrogens (tertiary/aromatic N) is 1. The molecule has 4 nitrogen and oxygen atoms in total. The van der Waals surface area contributed by atoms with Crippen LogP contribution in [-0.4, -0.2) is 35.5 Å². The van der Waals surface area contributed by atoms with Gasteiger partial charge in [-0.05, 0) is 66.8 Å². The summed E-state index contributed by atoms with van der Waals surface area (Å²) in [6, 6.07) is 24.7. The van der Waals surface area contributed by atoms with E-state index in [9.17, 15) is 9.59 Å². The van der Waals surface area contributed by atoms with Gasteiger partial charge >= 0.3 is 6.09 Å². The SMILES string of the molecule is C=C(C)c1ccc(C(=O)C2CC3CCCC(C2)N3C(=O)OCC2c3ccccc3-c3ccccc32)cc1. The summed E-state index contributed by atoms with van der Waals surface area (Å²) in [6.45, 7) is 6.28. The molecule has 2 bridgehead atoms. The zero-order valence-corrected chi connectivity index (χ0v) is 21.4. The molecule has 3 aromatic rings. The fourth-order valence-corrected chi connectivity index (χ4v) is 6.72. The standard InChI is InChI=1S/C33H33NO3/c1-21(2)22-14-16-23(17-15-22)32(35)24-18-25-8-7-9-26(19-24)34(25)33(36)37-20-31-29-12-5-3-10-27(29)28-11-4-6-13-30(28)31/h3-6,10-17,24-26,31H,1,7-9,18-20H2,2H3. The molecule has 188 valence electrons. The fourth-order valence-electron chi connectivity index (χ4n) is 6.72. The van der Waals surface area contributed by atoms with E-state index in [4.69, 9.17) is 4.74 Å². The third-order valence-electron chi connectivity index (χ3n) is 8.55. The van der Waals surface area contributed by atoms with Crippen LogP contribution >= 0.6 is 0 Å². The molecule has 2 heterocycles. The monoisotopic (exact) mass is 491 g/mol. The average Bonchev–Trinajstić information content (AvgIpc) is 3.24. The van der Waals surface area contributed by atoms with E-state index in [1.807, 2.05) is 36.1 Å². The van der Waals surface area contributed by atoms with Gasteiger partial charge in [0.15, 0.2) is 5.78 Å². The number of allylic oxidation sites excluding steroid dienone is 1. The van der Waals surface area contributed by atoms with Crippen LogP contribution in [0.1, 0.15) is 72.0 Å². The van der Waals surface area contributed by atoms with Gasteiger partial charge in [-0.15, -0.1) is 0 Å². The molecular weight excluding hydrogens is 458 g/mol. The van der Waals surface area contributed by atoms with Crippen molar-refractivity contribution in [2.45, 2.75) is 57.0 Å². The van der Waals surface area contributed by atoms with Crippen LogP contribution in [0.15, 0.2) is 79.4 Å². The lowest BCUT2D eigenvalue weighted by atomic mass is 9.76. The average molecular weight is 492 g/mol. The maximum atomic E-state index is 13.5. The Bertz CT molecular complexity index is 1300. The molecule has 1 aliphatic carbocycles. The van der Waals surface area contributed by atoms with Crippen LogP contribution in [0.3, 0.4) is 0 Å². The molecule has 2 saturated heterocycles. The van der Waals surface area contributed by atoms with Gasteiger partial charge in [0.2, 0.25) is 0 Å². The first-order valence-corrected chi connectivity index (χ1v) is 13.4. The van der Waals surface area contributed by atoms with Crippen molar-refractivity contribution in [3.63, 3.8) is 0 Å². The van der Waals surface area contributed by atoms with E-state index in [-0.39, 0.29) is 35.8 Å². The van der Waals surface area contributed by atoms with E-state index in [1.54, 1.807) is 0 Å². The Morgan fingerprint density at radius 1 is 0.838 bits per heavy atom. The number of carbonyl (C=O) groups excluding carboxylic acids is 2. The number of amides is 1. The minimum atomic E-state index is -0.228. The van der Waals surface area contributed by atoms with Crippen molar-refractivity contribution < 1.29 is 14.3 Å². The van der Waals surface area contributed by atoms with Crippen molar-refractivity contribution in [2.24, 2.45) is 5.92 Å². The van der Waals surface area contributed by atoms with Crippen LogP contribution in [-0.2, 0) is 4.74 Å². The van der Waals surface area contributed by atoms with E-state index in [0.717, 1.165) is 36.0 Å². The van der Waals surface area contributed by atoms with E-state index in [2.05, 4.69) is 55.1 Å². The summed E-state index contributed by atoms with van der Waals surface area (Å²) in [7, 11) is 0. The second kappa shape index (κ2) is 9.66. The Labute approximate surface area is 219 Å². The number of piperidine rings is 2. The van der Waals surface area contributed by atoms with Crippen LogP contribution in [0.5, 0.6) is 0 Å². The Balaban J connectivity index is 1.15. The lowest BCUT2D eigenvalue weighted by Gasteiger charge is -2.47. The minimum Gasteiger partial charge on any atom is -0.448 e. The summed E-state index contributed by atoms with van der Waals surface area (Å²) in [5, 5.41) is 0. The number of hydrogen-bond donors (Lipinski definition) is 0. The highest BCUT2D eigenvalue weighted by Gasteiger charge is 2.44. The van der Waals surface area contributed by atoms with Gasteiger partial charge in [-0.25, -0.2) is 4.79 Å². The topological polar surface area (TPSA) is 46.6 Å². The molecular formula is C33H33NO3. The number of Topliss-reactive ketones (excluding diaryl/α,β-unsaturated/α-hetero) is 1. The Morgan fingerprint density at radius 3 is 1.95 bits per heavy atom. The second-order valence-electron chi connectivity index (χ2n) is 10.8. The Kier molecular flexibility index (Phi) is 6.19. The van der Waals surface area contributed by atoms with E-state index < -0.39 is 0 Å². The van der Waals surface area contributed by atoms with Crippen molar-refractivity contribution in [1.82, 2.24) is 4.90 Å². The predicted molar refractivity (Wildman–Crippen MR) is 147 cm³/mol. The zero-order valence-electron chi connectivity index (χ0n) is 21.4. The summed E-state index contributed by atoms with van der Waals surface area (Å²) in [5.41, 5.74) is 7.70. The number of ether oxygens (including phenoxy) is 1. The number of hydrogen-bond acceptors (Lipinski definition) is 3. The molecule has 3 aromatic carbocycles. The molecule has 2 unspecified atom stereocenters. The summed E-state index contributed by atoms with van der Waals surface area (Å²) in [6.07, 6.45) is 4.14. The van der Waals surface area contributed by atoms with Crippen LogP contribution in [0.25, 0.3) is 16.7 Å². The predicted octanol–water partition coefficient (Wildman–Crippen LogP) is 7.48. The quantitative estimate of drug-likeness (QED) is 0.348. The van der Waals surface area contributed by atoms with Crippen LogP contribution in [0, 0.1) is 5.92 Å². The van der Waals surface area contributed by atoms with Gasteiger partial charge in [-0.3, -0.25) is 4.79 Å². The number of ketones is 1. The third-order valence-corrected chi connectivity index (χ3v) is 8.55. The molecule has 2 atom stereocenters. The lowest BCUT2D eigenvalue weighted by Crippen LogP contribution is -2.55. The van der Waals surface area contributed by atoms with Crippen LogP contribution in [0.4, 0.5) is 4.79 Å². The molecule has 0 aromatic heterocycles. The van der Waals surface area contributed by atoms with Crippen molar-refractivity contribution in [2.75, 3.05) is 6.61 Å². The van der Waals surface area contributed by atoms with Gasteiger partial charge in [0, 0.05) is 29.5 Å². The molecule has 0 saturated carbocycles. The van der Waals surface area contributed by atoms with Gasteiger partial charge in [0.25, 0.3) is 0 Å². The first-order chi connectivity index (χ1) is 18.0. The molecule has 0 radical (unpaired) electrons. The summed E-state index contributed by atoms with van der Waals surface area (Å²) < 4.78 is 6.03.